The molecule has 1 fully saturated rings. The first-order valence-corrected chi connectivity index (χ1v) is 15.6. The van der Waals surface area contributed by atoms with Crippen LogP contribution in [0.4, 0.5) is 0 Å². The molecule has 1 aromatic carbocycles. The summed E-state index contributed by atoms with van der Waals surface area (Å²) in [6.07, 6.45) is -1.38. The number of nitrogens with two attached hydrogens (primary N) is 4. The number of nitrogens with one attached hydrogen (secondary N) is 4. The third-order valence-electron chi connectivity index (χ3n) is 7.63. The molecule has 5 atom stereocenters. The van der Waals surface area contributed by atoms with Gasteiger partial charge in [0.25, 0.3) is 0 Å². The smallest absolute Gasteiger partial charge is 0.322 e. The van der Waals surface area contributed by atoms with E-state index in [0.717, 1.165) is 4.90 Å². The summed E-state index contributed by atoms with van der Waals surface area (Å²) in [5.41, 5.74) is 22.0. The number of carboxylic acid groups (broad SMARTS) is 1. The van der Waals surface area contributed by atoms with Crippen molar-refractivity contribution < 1.29 is 53.4 Å². The highest BCUT2D eigenvalue weighted by atomic mass is 16.4. The minimum atomic E-state index is -1.61. The van der Waals surface area contributed by atoms with Gasteiger partial charge in [-0.3, -0.25) is 43.2 Å². The van der Waals surface area contributed by atoms with Gasteiger partial charge in [-0.1, -0.05) is 12.1 Å². The van der Waals surface area contributed by atoms with Crippen molar-refractivity contribution in [3.05, 3.63) is 29.8 Å². The van der Waals surface area contributed by atoms with Crippen molar-refractivity contribution in [3.8, 4) is 5.75 Å². The molecule has 1 aromatic rings. The van der Waals surface area contributed by atoms with Crippen LogP contribution in [0.2, 0.25) is 0 Å². The summed E-state index contributed by atoms with van der Waals surface area (Å²) in [6.45, 7) is -0.764. The van der Waals surface area contributed by atoms with Crippen LogP contribution in [-0.4, -0.2) is 112 Å². The standard InChI is InChI=1S/C30H43N9O11/c31-17(7-9-22(32)41)26(46)37-19(12-15-3-5-16(40)6-4-15)28(48)38-20(13-24(34)43)30(50)39-11-1-2-21(39)29(49)36-18(8-10-23(33)42)27(47)35-14-25(44)45/h3-6,17-21,40H,1-2,7-14,31H2,(H2,32,41)(H2,33,42)(H2,34,43)(H,35,47)(H,36,49)(H,37,46)(H,38,48)(H,44,45)/t17-,18-,19-,20-,21-/m0/s1. The topological polar surface area (TPSA) is 350 Å². The van der Waals surface area contributed by atoms with E-state index in [-0.39, 0.29) is 50.8 Å². The number of amides is 8. The summed E-state index contributed by atoms with van der Waals surface area (Å²) in [4.78, 5) is 113. The molecular formula is C30H43N9O11. The molecule has 274 valence electrons. The highest BCUT2D eigenvalue weighted by molar-refractivity contribution is 5.98. The second-order valence-corrected chi connectivity index (χ2v) is 11.6. The molecule has 0 bridgehead atoms. The van der Waals surface area contributed by atoms with E-state index >= 15 is 0 Å². The van der Waals surface area contributed by atoms with Gasteiger partial charge >= 0.3 is 5.97 Å². The molecule has 0 saturated carbocycles. The van der Waals surface area contributed by atoms with E-state index in [1.807, 2.05) is 0 Å². The number of benzene rings is 1. The molecule has 0 spiro atoms. The molecule has 14 N–H and O–H groups in total. The number of hydrogen-bond donors (Lipinski definition) is 10. The van der Waals surface area contributed by atoms with E-state index in [4.69, 9.17) is 28.0 Å². The Morgan fingerprint density at radius 1 is 0.780 bits per heavy atom. The first-order chi connectivity index (χ1) is 23.5. The SMILES string of the molecule is NC(=O)CC[C@H](NC(=O)[C@@H]1CCCN1C(=O)[C@H](CC(N)=O)NC(=O)[C@H](Cc1ccc(O)cc1)NC(=O)[C@@H](N)CCC(N)=O)C(=O)NCC(=O)O. The van der Waals surface area contributed by atoms with Gasteiger partial charge in [-0.15, -0.1) is 0 Å². The van der Waals surface area contributed by atoms with Crippen LogP contribution in [0.25, 0.3) is 0 Å². The Bertz CT molecular complexity index is 1450. The second kappa shape index (κ2) is 19.3. The molecule has 1 heterocycles. The lowest BCUT2D eigenvalue weighted by molar-refractivity contribution is -0.143. The Kier molecular flexibility index (Phi) is 15.6. The van der Waals surface area contributed by atoms with Crippen LogP contribution in [0.1, 0.15) is 50.5 Å². The lowest BCUT2D eigenvalue weighted by Crippen LogP contribution is -2.59. The minimum absolute atomic E-state index is 0.00159. The van der Waals surface area contributed by atoms with Gasteiger partial charge in [0.05, 0.1) is 12.5 Å². The number of aromatic hydroxyl groups is 1. The maximum Gasteiger partial charge on any atom is 0.322 e. The van der Waals surface area contributed by atoms with Crippen LogP contribution in [0.15, 0.2) is 24.3 Å². The number of carbonyl (C=O) groups excluding carboxylic acids is 8. The second-order valence-electron chi connectivity index (χ2n) is 11.6. The normalized spacial score (nSPS) is 16.2. The quantitative estimate of drug-likeness (QED) is 0.0612. The van der Waals surface area contributed by atoms with Gasteiger partial charge in [0.15, 0.2) is 0 Å². The van der Waals surface area contributed by atoms with Crippen molar-refractivity contribution >= 4 is 53.2 Å². The summed E-state index contributed by atoms with van der Waals surface area (Å²) in [5.74, 6) is -8.28. The molecule has 1 aliphatic heterocycles. The van der Waals surface area contributed by atoms with Crippen LogP contribution in [0.3, 0.4) is 0 Å². The lowest BCUT2D eigenvalue weighted by atomic mass is 10.0. The molecule has 0 radical (unpaired) electrons. The number of phenols is 1. The molecule has 20 heteroatoms. The van der Waals surface area contributed by atoms with Crippen LogP contribution >= 0.6 is 0 Å². The highest BCUT2D eigenvalue weighted by Crippen LogP contribution is 2.20. The van der Waals surface area contributed by atoms with E-state index in [1.54, 1.807) is 0 Å². The van der Waals surface area contributed by atoms with Gasteiger partial charge in [-0.25, -0.2) is 0 Å². The molecule has 50 heavy (non-hydrogen) atoms. The zero-order valence-electron chi connectivity index (χ0n) is 27.1. The van der Waals surface area contributed by atoms with Crippen molar-refractivity contribution in [2.24, 2.45) is 22.9 Å². The Morgan fingerprint density at radius 3 is 1.96 bits per heavy atom. The number of aliphatic carboxylic acids is 1. The predicted molar refractivity (Wildman–Crippen MR) is 172 cm³/mol. The average Bonchev–Trinajstić information content (AvgIpc) is 3.54. The molecule has 0 unspecified atom stereocenters. The largest absolute Gasteiger partial charge is 0.508 e. The molecule has 0 aliphatic carbocycles. The maximum atomic E-state index is 13.8. The first kappa shape index (κ1) is 40.4. The van der Waals surface area contributed by atoms with Crippen LogP contribution < -0.4 is 44.2 Å². The number of nitrogens with zero attached hydrogens (tertiary/aromatic N) is 1. The molecule has 0 aromatic heterocycles. The number of likely N-dealkylation sites (tertiary alicyclic amines) is 1. The summed E-state index contributed by atoms with van der Waals surface area (Å²) >= 11 is 0. The lowest BCUT2D eigenvalue weighted by Gasteiger charge is -2.30. The van der Waals surface area contributed by atoms with Gasteiger partial charge in [0.1, 0.15) is 36.5 Å². The molecule has 8 amide bonds. The minimum Gasteiger partial charge on any atom is -0.508 e. The number of carbonyl (C=O) groups is 9. The van der Waals surface area contributed by atoms with Gasteiger partial charge in [0.2, 0.25) is 47.3 Å². The zero-order valence-corrected chi connectivity index (χ0v) is 27.1. The van der Waals surface area contributed by atoms with Gasteiger partial charge in [0, 0.05) is 25.8 Å². The van der Waals surface area contributed by atoms with E-state index in [1.165, 1.54) is 24.3 Å². The summed E-state index contributed by atoms with van der Waals surface area (Å²) in [7, 11) is 0. The van der Waals surface area contributed by atoms with E-state index in [0.29, 0.717) is 12.0 Å². The van der Waals surface area contributed by atoms with Gasteiger partial charge in [-0.05, 0) is 43.4 Å². The maximum absolute atomic E-state index is 13.8. The van der Waals surface area contributed by atoms with Crippen LogP contribution in [-0.2, 0) is 49.6 Å². The zero-order chi connectivity index (χ0) is 37.5. The third-order valence-corrected chi connectivity index (χ3v) is 7.63. The Hall–Kier alpha value is -5.79. The molecule has 2 rings (SSSR count). The van der Waals surface area contributed by atoms with Crippen molar-refractivity contribution in [2.75, 3.05) is 13.1 Å². The van der Waals surface area contributed by atoms with Crippen LogP contribution in [0.5, 0.6) is 5.75 Å². The molecule has 1 aliphatic rings. The summed E-state index contributed by atoms with van der Waals surface area (Å²) in [6, 6.07) is -1.17. The predicted octanol–water partition coefficient (Wildman–Crippen LogP) is -4.69. The monoisotopic (exact) mass is 705 g/mol. The van der Waals surface area contributed by atoms with Crippen molar-refractivity contribution in [1.82, 2.24) is 26.2 Å². The number of rotatable bonds is 20. The molecule has 20 nitrogen and oxygen atoms in total. The van der Waals surface area contributed by atoms with Crippen molar-refractivity contribution in [3.63, 3.8) is 0 Å². The van der Waals surface area contributed by atoms with Gasteiger partial charge in [-0.2, -0.15) is 0 Å². The van der Waals surface area contributed by atoms with E-state index < -0.39 is 96.4 Å². The Labute approximate surface area is 286 Å². The van der Waals surface area contributed by atoms with Crippen molar-refractivity contribution in [1.29, 1.82) is 0 Å². The number of carboxylic acids is 1. The number of primary amides is 3. The fourth-order valence-electron chi connectivity index (χ4n) is 5.07. The fourth-order valence-corrected chi connectivity index (χ4v) is 5.07. The highest BCUT2D eigenvalue weighted by Gasteiger charge is 2.40. The number of hydrogen-bond acceptors (Lipinski definition) is 11. The van der Waals surface area contributed by atoms with E-state index in [2.05, 4.69) is 21.3 Å². The Balaban J connectivity index is 2.29. The molecule has 1 saturated heterocycles. The summed E-state index contributed by atoms with van der Waals surface area (Å²) in [5, 5.41) is 27.9. The van der Waals surface area contributed by atoms with Gasteiger partial charge < -0.3 is 59.3 Å². The fraction of sp³-hybridized carbons (Fsp3) is 0.500. The number of phenolic OH excluding ortho intramolecular Hbond substituents is 1. The average molecular weight is 706 g/mol. The molecular weight excluding hydrogens is 662 g/mol. The van der Waals surface area contributed by atoms with E-state index in [9.17, 15) is 48.3 Å². The van der Waals surface area contributed by atoms with Crippen LogP contribution in [0, 0.1) is 0 Å². The Morgan fingerprint density at radius 2 is 1.38 bits per heavy atom. The first-order valence-electron chi connectivity index (χ1n) is 15.6. The summed E-state index contributed by atoms with van der Waals surface area (Å²) < 4.78 is 0. The third kappa shape index (κ3) is 13.4. The van der Waals surface area contributed by atoms with Crippen molar-refractivity contribution in [2.45, 2.75) is 81.6 Å².